The van der Waals surface area contributed by atoms with E-state index in [1.54, 1.807) is 19.1 Å². The molecule has 2 aromatic carbocycles. The van der Waals surface area contributed by atoms with Crippen LogP contribution in [-0.2, 0) is 16.9 Å². The Bertz CT molecular complexity index is 755. The molecule has 0 bridgehead atoms. The van der Waals surface area contributed by atoms with E-state index in [1.165, 1.54) is 5.56 Å². The SMILES string of the molecule is Cc1ccc(COc2cccc([C@@]3(C)NC(=O)NC3=O)c2)cc1. The van der Waals surface area contributed by atoms with Gasteiger partial charge in [0.25, 0.3) is 5.91 Å². The van der Waals surface area contributed by atoms with Gasteiger partial charge in [-0.25, -0.2) is 4.79 Å². The van der Waals surface area contributed by atoms with Crippen LogP contribution in [0.15, 0.2) is 48.5 Å². The molecule has 0 aromatic heterocycles. The van der Waals surface area contributed by atoms with Gasteiger partial charge in [0.1, 0.15) is 17.9 Å². The van der Waals surface area contributed by atoms with Gasteiger partial charge >= 0.3 is 6.03 Å². The Labute approximate surface area is 134 Å². The molecule has 118 valence electrons. The number of imide groups is 1. The number of carbonyl (C=O) groups is 2. The van der Waals surface area contributed by atoms with Gasteiger partial charge in [0, 0.05) is 0 Å². The summed E-state index contributed by atoms with van der Waals surface area (Å²) in [6, 6.07) is 14.8. The molecule has 2 aromatic rings. The van der Waals surface area contributed by atoms with Gasteiger partial charge in [-0.1, -0.05) is 42.0 Å². The van der Waals surface area contributed by atoms with Gasteiger partial charge in [0.15, 0.2) is 0 Å². The van der Waals surface area contributed by atoms with Crippen molar-refractivity contribution in [1.29, 1.82) is 0 Å². The molecule has 5 nitrogen and oxygen atoms in total. The summed E-state index contributed by atoms with van der Waals surface area (Å²) in [4.78, 5) is 23.4. The van der Waals surface area contributed by atoms with Crippen molar-refractivity contribution in [3.63, 3.8) is 0 Å². The number of aryl methyl sites for hydroxylation is 1. The van der Waals surface area contributed by atoms with E-state index in [0.717, 1.165) is 5.56 Å². The molecule has 1 atom stereocenters. The zero-order valence-electron chi connectivity index (χ0n) is 13.1. The molecular formula is C18H18N2O3. The highest BCUT2D eigenvalue weighted by molar-refractivity contribution is 6.07. The molecule has 3 amide bonds. The molecule has 1 aliphatic rings. The predicted octanol–water partition coefficient (Wildman–Crippen LogP) is 2.63. The smallest absolute Gasteiger partial charge is 0.322 e. The molecule has 0 unspecified atom stereocenters. The van der Waals surface area contributed by atoms with Gasteiger partial charge in [-0.05, 0) is 37.1 Å². The normalized spacial score (nSPS) is 20.1. The molecule has 5 heteroatoms. The van der Waals surface area contributed by atoms with E-state index < -0.39 is 11.6 Å². The Morgan fingerprint density at radius 3 is 2.48 bits per heavy atom. The average Bonchev–Trinajstić information content (AvgIpc) is 2.81. The standard InChI is InChI=1S/C18H18N2O3/c1-12-6-8-13(9-7-12)11-23-15-5-3-4-14(10-15)18(2)16(21)19-17(22)20-18/h3-10H,11H2,1-2H3,(H2,19,20,21,22)/t18-/m1/s1. The monoisotopic (exact) mass is 310 g/mol. The molecule has 0 radical (unpaired) electrons. The number of ether oxygens (including phenoxy) is 1. The number of nitrogens with one attached hydrogen (secondary N) is 2. The van der Waals surface area contributed by atoms with Crippen molar-refractivity contribution in [2.75, 3.05) is 0 Å². The van der Waals surface area contributed by atoms with Crippen LogP contribution in [0.1, 0.15) is 23.6 Å². The molecule has 3 rings (SSSR count). The summed E-state index contributed by atoms with van der Waals surface area (Å²) in [6.45, 7) is 4.15. The Balaban J connectivity index is 1.76. The van der Waals surface area contributed by atoms with Gasteiger partial charge < -0.3 is 10.1 Å². The fourth-order valence-corrected chi connectivity index (χ4v) is 2.49. The van der Waals surface area contributed by atoms with Crippen molar-refractivity contribution in [1.82, 2.24) is 10.6 Å². The molecule has 0 aliphatic carbocycles. The highest BCUT2D eigenvalue weighted by atomic mass is 16.5. The first-order valence-electron chi connectivity index (χ1n) is 7.40. The Morgan fingerprint density at radius 1 is 1.09 bits per heavy atom. The number of hydrogen-bond acceptors (Lipinski definition) is 3. The third kappa shape index (κ3) is 3.04. The largest absolute Gasteiger partial charge is 0.489 e. The van der Waals surface area contributed by atoms with Crippen LogP contribution in [0.3, 0.4) is 0 Å². The topological polar surface area (TPSA) is 67.4 Å². The molecule has 1 fully saturated rings. The Hall–Kier alpha value is -2.82. The van der Waals surface area contributed by atoms with Crippen molar-refractivity contribution in [2.24, 2.45) is 0 Å². The van der Waals surface area contributed by atoms with Crippen molar-refractivity contribution in [3.8, 4) is 5.75 Å². The molecule has 0 spiro atoms. The highest BCUT2D eigenvalue weighted by Crippen LogP contribution is 2.27. The first kappa shape index (κ1) is 15.1. The minimum absolute atomic E-state index is 0.363. The lowest BCUT2D eigenvalue weighted by Crippen LogP contribution is -2.40. The Kier molecular flexibility index (Phi) is 3.78. The zero-order chi connectivity index (χ0) is 16.4. The van der Waals surface area contributed by atoms with Gasteiger partial charge in [-0.15, -0.1) is 0 Å². The fraction of sp³-hybridized carbons (Fsp3) is 0.222. The average molecular weight is 310 g/mol. The van der Waals surface area contributed by atoms with Gasteiger partial charge in [-0.3, -0.25) is 10.1 Å². The zero-order valence-corrected chi connectivity index (χ0v) is 13.1. The number of carbonyl (C=O) groups excluding carboxylic acids is 2. The summed E-state index contributed by atoms with van der Waals surface area (Å²) >= 11 is 0. The van der Waals surface area contributed by atoms with Crippen molar-refractivity contribution >= 4 is 11.9 Å². The third-order valence-corrected chi connectivity index (χ3v) is 3.98. The molecule has 1 saturated heterocycles. The molecule has 1 heterocycles. The first-order chi connectivity index (χ1) is 11.0. The van der Waals surface area contributed by atoms with E-state index in [1.807, 2.05) is 43.3 Å². The number of rotatable bonds is 4. The van der Waals surface area contributed by atoms with Gasteiger partial charge in [0.05, 0.1) is 0 Å². The van der Waals surface area contributed by atoms with Crippen molar-refractivity contribution < 1.29 is 14.3 Å². The maximum atomic E-state index is 12.0. The van der Waals surface area contributed by atoms with Crippen LogP contribution in [0.5, 0.6) is 5.75 Å². The minimum atomic E-state index is -1.07. The second-order valence-electron chi connectivity index (χ2n) is 5.84. The number of hydrogen-bond donors (Lipinski definition) is 2. The summed E-state index contributed by atoms with van der Waals surface area (Å²) in [5.74, 6) is 0.288. The summed E-state index contributed by atoms with van der Waals surface area (Å²) < 4.78 is 5.79. The quantitative estimate of drug-likeness (QED) is 0.853. The maximum Gasteiger partial charge on any atom is 0.322 e. The van der Waals surface area contributed by atoms with Crippen LogP contribution < -0.4 is 15.4 Å². The number of urea groups is 1. The summed E-state index contributed by atoms with van der Waals surface area (Å²) in [6.07, 6.45) is 0. The summed E-state index contributed by atoms with van der Waals surface area (Å²) in [5, 5.41) is 4.91. The molecule has 0 saturated carbocycles. The highest BCUT2D eigenvalue weighted by Gasteiger charge is 2.43. The van der Waals surface area contributed by atoms with Crippen LogP contribution >= 0.6 is 0 Å². The van der Waals surface area contributed by atoms with Crippen LogP contribution in [-0.4, -0.2) is 11.9 Å². The molecule has 1 aliphatic heterocycles. The van der Waals surface area contributed by atoms with E-state index in [2.05, 4.69) is 10.6 Å². The van der Waals surface area contributed by atoms with Crippen LogP contribution in [0.4, 0.5) is 4.79 Å². The number of amides is 3. The minimum Gasteiger partial charge on any atom is -0.489 e. The lowest BCUT2D eigenvalue weighted by Gasteiger charge is -2.21. The van der Waals surface area contributed by atoms with E-state index in [4.69, 9.17) is 4.74 Å². The van der Waals surface area contributed by atoms with Crippen molar-refractivity contribution in [2.45, 2.75) is 26.0 Å². The van der Waals surface area contributed by atoms with Gasteiger partial charge in [-0.2, -0.15) is 0 Å². The lowest BCUT2D eigenvalue weighted by atomic mass is 9.92. The Morgan fingerprint density at radius 2 is 1.83 bits per heavy atom. The van der Waals surface area contributed by atoms with Crippen LogP contribution in [0, 0.1) is 6.92 Å². The number of benzene rings is 2. The van der Waals surface area contributed by atoms with Crippen molar-refractivity contribution in [3.05, 3.63) is 65.2 Å². The fourth-order valence-electron chi connectivity index (χ4n) is 2.49. The van der Waals surface area contributed by atoms with E-state index in [0.29, 0.717) is 17.9 Å². The van der Waals surface area contributed by atoms with E-state index in [9.17, 15) is 9.59 Å². The summed E-state index contributed by atoms with van der Waals surface area (Å²) in [7, 11) is 0. The maximum absolute atomic E-state index is 12.0. The second-order valence-corrected chi connectivity index (χ2v) is 5.84. The first-order valence-corrected chi connectivity index (χ1v) is 7.40. The van der Waals surface area contributed by atoms with Crippen LogP contribution in [0.2, 0.25) is 0 Å². The predicted molar refractivity (Wildman–Crippen MR) is 86.0 cm³/mol. The summed E-state index contributed by atoms with van der Waals surface area (Å²) in [5.41, 5.74) is 1.88. The molecule has 23 heavy (non-hydrogen) atoms. The molecule has 2 N–H and O–H groups in total. The van der Waals surface area contributed by atoms with E-state index >= 15 is 0 Å². The molecular weight excluding hydrogens is 292 g/mol. The third-order valence-electron chi connectivity index (χ3n) is 3.98. The lowest BCUT2D eigenvalue weighted by molar-refractivity contribution is -0.123. The van der Waals surface area contributed by atoms with Gasteiger partial charge in [0.2, 0.25) is 0 Å². The van der Waals surface area contributed by atoms with E-state index in [-0.39, 0.29) is 5.91 Å². The second kappa shape index (κ2) is 5.76. The van der Waals surface area contributed by atoms with Crippen LogP contribution in [0.25, 0.3) is 0 Å².